The van der Waals surface area contributed by atoms with Crippen molar-refractivity contribution >= 4 is 44.8 Å². The van der Waals surface area contributed by atoms with Crippen LogP contribution in [-0.2, 0) is 19.6 Å². The predicted molar refractivity (Wildman–Crippen MR) is 95.2 cm³/mol. The second-order valence-electron chi connectivity index (χ2n) is 5.61. The number of carbonyl (C=O) groups is 1. The Kier molecular flexibility index (Phi) is 6.74. The monoisotopic (exact) mass is 394 g/mol. The van der Waals surface area contributed by atoms with Crippen molar-refractivity contribution in [2.75, 3.05) is 36.9 Å². The van der Waals surface area contributed by atoms with Crippen LogP contribution in [0, 0.1) is 5.92 Å². The van der Waals surface area contributed by atoms with Gasteiger partial charge in [0.15, 0.2) is 0 Å². The number of rotatable bonds is 6. The van der Waals surface area contributed by atoms with Gasteiger partial charge in [-0.15, -0.1) is 0 Å². The molecule has 24 heavy (non-hydrogen) atoms. The number of halogens is 2. The zero-order chi connectivity index (χ0) is 17.7. The first-order valence-corrected chi connectivity index (χ1v) is 10.2. The van der Waals surface area contributed by atoms with Gasteiger partial charge in [-0.25, -0.2) is 8.42 Å². The Bertz CT molecular complexity index is 691. The van der Waals surface area contributed by atoms with Crippen molar-refractivity contribution in [1.29, 1.82) is 0 Å². The van der Waals surface area contributed by atoms with Crippen LogP contribution in [0.4, 0.5) is 5.69 Å². The topological polar surface area (TPSA) is 75.7 Å². The van der Waals surface area contributed by atoms with Gasteiger partial charge in [0.25, 0.3) is 0 Å². The van der Waals surface area contributed by atoms with Crippen LogP contribution in [0.15, 0.2) is 18.2 Å². The molecule has 0 aromatic heterocycles. The van der Waals surface area contributed by atoms with Gasteiger partial charge in [-0.05, 0) is 31.0 Å². The zero-order valence-corrected chi connectivity index (χ0v) is 15.6. The van der Waals surface area contributed by atoms with Crippen molar-refractivity contribution in [1.82, 2.24) is 5.32 Å². The average molecular weight is 395 g/mol. The van der Waals surface area contributed by atoms with E-state index in [0.29, 0.717) is 36.8 Å². The summed E-state index contributed by atoms with van der Waals surface area (Å²) in [6, 6.07) is 4.62. The van der Waals surface area contributed by atoms with E-state index < -0.39 is 10.0 Å². The van der Waals surface area contributed by atoms with Gasteiger partial charge in [-0.3, -0.25) is 9.10 Å². The second kappa shape index (κ2) is 8.38. The summed E-state index contributed by atoms with van der Waals surface area (Å²) in [4.78, 5) is 12.1. The quantitative estimate of drug-likeness (QED) is 0.802. The highest BCUT2D eigenvalue weighted by molar-refractivity contribution is 7.92. The predicted octanol–water partition coefficient (Wildman–Crippen LogP) is 2.30. The largest absolute Gasteiger partial charge is 0.381 e. The zero-order valence-electron chi connectivity index (χ0n) is 13.3. The van der Waals surface area contributed by atoms with Gasteiger partial charge in [-0.2, -0.15) is 0 Å². The molecule has 0 saturated carbocycles. The summed E-state index contributed by atoms with van der Waals surface area (Å²) in [5.74, 6) is -0.163. The Hall–Kier alpha value is -1.02. The van der Waals surface area contributed by atoms with Gasteiger partial charge in [0.1, 0.15) is 0 Å². The second-order valence-corrected chi connectivity index (χ2v) is 8.36. The van der Waals surface area contributed by atoms with Gasteiger partial charge < -0.3 is 10.1 Å². The van der Waals surface area contributed by atoms with Crippen molar-refractivity contribution < 1.29 is 17.9 Å². The number of hydrogen-bond donors (Lipinski definition) is 1. The Labute approximate surface area is 152 Å². The fourth-order valence-electron chi connectivity index (χ4n) is 2.53. The molecule has 6 nitrogen and oxygen atoms in total. The highest BCUT2D eigenvalue weighted by Crippen LogP contribution is 2.30. The van der Waals surface area contributed by atoms with E-state index in [9.17, 15) is 13.2 Å². The molecule has 2 rings (SSSR count). The van der Waals surface area contributed by atoms with Gasteiger partial charge in [0, 0.05) is 30.7 Å². The van der Waals surface area contributed by atoms with Gasteiger partial charge >= 0.3 is 0 Å². The molecule has 134 valence electrons. The van der Waals surface area contributed by atoms with E-state index in [1.165, 1.54) is 12.1 Å². The molecule has 0 bridgehead atoms. The molecule has 0 atom stereocenters. The fourth-order valence-corrected chi connectivity index (χ4v) is 3.89. The number of benzene rings is 1. The number of anilines is 1. The van der Waals surface area contributed by atoms with Crippen molar-refractivity contribution in [2.45, 2.75) is 12.8 Å². The maximum atomic E-state index is 12.1. The summed E-state index contributed by atoms with van der Waals surface area (Å²) >= 11 is 12.0. The van der Waals surface area contributed by atoms with Crippen molar-refractivity contribution in [3.8, 4) is 0 Å². The van der Waals surface area contributed by atoms with E-state index in [2.05, 4.69) is 5.32 Å². The summed E-state index contributed by atoms with van der Waals surface area (Å²) in [6.07, 6.45) is 2.45. The molecule has 1 N–H and O–H groups in total. The molecule has 0 spiro atoms. The molecule has 1 aliphatic rings. The molecular formula is C15H20Cl2N2O4S. The molecule has 1 saturated heterocycles. The smallest absolute Gasteiger partial charge is 0.232 e. The van der Waals surface area contributed by atoms with Crippen LogP contribution in [0.25, 0.3) is 0 Å². The third-order valence-corrected chi connectivity index (χ3v) is 5.52. The highest BCUT2D eigenvalue weighted by atomic mass is 35.5. The molecule has 1 aromatic carbocycles. The summed E-state index contributed by atoms with van der Waals surface area (Å²) in [7, 11) is -3.56. The molecule has 1 aliphatic heterocycles. The molecule has 9 heteroatoms. The molecular weight excluding hydrogens is 375 g/mol. The number of nitrogens with zero attached hydrogens (tertiary/aromatic N) is 1. The lowest BCUT2D eigenvalue weighted by Crippen LogP contribution is -2.41. The first kappa shape index (κ1) is 19.3. The normalized spacial score (nSPS) is 16.0. The first-order chi connectivity index (χ1) is 11.3. The lowest BCUT2D eigenvalue weighted by molar-refractivity contribution is -0.127. The average Bonchev–Trinajstić information content (AvgIpc) is 2.53. The van der Waals surface area contributed by atoms with Crippen LogP contribution in [0.3, 0.4) is 0 Å². The molecule has 0 radical (unpaired) electrons. The van der Waals surface area contributed by atoms with Crippen molar-refractivity contribution in [3.63, 3.8) is 0 Å². The highest BCUT2D eigenvalue weighted by Gasteiger charge is 2.23. The van der Waals surface area contributed by atoms with Gasteiger partial charge in [-0.1, -0.05) is 23.2 Å². The molecule has 1 fully saturated rings. The van der Waals surface area contributed by atoms with Gasteiger partial charge in [0.05, 0.1) is 23.5 Å². The van der Waals surface area contributed by atoms with Crippen molar-refractivity contribution in [3.05, 3.63) is 28.2 Å². The number of nitrogens with one attached hydrogen (secondary N) is 1. The molecule has 0 aliphatic carbocycles. The lowest BCUT2D eigenvalue weighted by Gasteiger charge is -2.25. The van der Waals surface area contributed by atoms with Crippen LogP contribution >= 0.6 is 23.2 Å². The third-order valence-electron chi connectivity index (χ3n) is 3.78. The minimum Gasteiger partial charge on any atom is -0.381 e. The fraction of sp³-hybridized carbons (Fsp3) is 0.533. The maximum absolute atomic E-state index is 12.1. The standard InChI is InChI=1S/C15H20Cl2N2O4S/c1-24(21,22)19(14-10-12(16)2-3-13(14)17)7-6-18-15(20)11-4-8-23-9-5-11/h2-3,10-11H,4-9H2,1H3,(H,18,20). The maximum Gasteiger partial charge on any atom is 0.232 e. The van der Waals surface area contributed by atoms with Gasteiger partial charge in [0.2, 0.25) is 15.9 Å². The van der Waals surface area contributed by atoms with E-state index in [0.717, 1.165) is 10.6 Å². The number of amides is 1. The number of sulfonamides is 1. The lowest BCUT2D eigenvalue weighted by atomic mass is 9.99. The molecule has 1 amide bonds. The van der Waals surface area contributed by atoms with Crippen LogP contribution in [0.5, 0.6) is 0 Å². The first-order valence-electron chi connectivity index (χ1n) is 7.57. The Morgan fingerprint density at radius 3 is 2.62 bits per heavy atom. The van der Waals surface area contributed by atoms with E-state index in [1.807, 2.05) is 0 Å². The molecule has 1 heterocycles. The molecule has 0 unspecified atom stereocenters. The number of carbonyl (C=O) groups excluding carboxylic acids is 1. The SMILES string of the molecule is CS(=O)(=O)N(CCNC(=O)C1CCOCC1)c1cc(Cl)ccc1Cl. The van der Waals surface area contributed by atoms with Crippen LogP contribution in [-0.4, -0.2) is 46.9 Å². The Morgan fingerprint density at radius 1 is 1.33 bits per heavy atom. The number of ether oxygens (including phenoxy) is 1. The molecule has 1 aromatic rings. The Balaban J connectivity index is 2.02. The Morgan fingerprint density at radius 2 is 2.00 bits per heavy atom. The summed E-state index contributed by atoms with van der Waals surface area (Å²) < 4.78 is 30.5. The summed E-state index contributed by atoms with van der Waals surface area (Å²) in [6.45, 7) is 1.41. The van der Waals surface area contributed by atoms with Crippen LogP contribution in [0.2, 0.25) is 10.0 Å². The third kappa shape index (κ3) is 5.24. The summed E-state index contributed by atoms with van der Waals surface area (Å²) in [5.41, 5.74) is 0.298. The van der Waals surface area contributed by atoms with E-state index in [1.54, 1.807) is 6.07 Å². The van der Waals surface area contributed by atoms with Crippen LogP contribution < -0.4 is 9.62 Å². The van der Waals surface area contributed by atoms with E-state index in [4.69, 9.17) is 27.9 Å². The van der Waals surface area contributed by atoms with E-state index >= 15 is 0 Å². The van der Waals surface area contributed by atoms with Crippen LogP contribution in [0.1, 0.15) is 12.8 Å². The van der Waals surface area contributed by atoms with E-state index in [-0.39, 0.29) is 29.9 Å². The minimum atomic E-state index is -3.56. The minimum absolute atomic E-state index is 0.0772. The van der Waals surface area contributed by atoms with Crippen molar-refractivity contribution in [2.24, 2.45) is 5.92 Å². The summed E-state index contributed by atoms with van der Waals surface area (Å²) in [5, 5.41) is 3.44. The number of hydrogen-bond acceptors (Lipinski definition) is 4.